The molecule has 0 aliphatic rings. The lowest BCUT2D eigenvalue weighted by Gasteiger charge is -2.26. The third-order valence-corrected chi connectivity index (χ3v) is 3.67. The standard InChI is InChI=1S/C17H22ClN3/c1-3-21(12-14-6-8-20-9-7-14)17-11-16(18)5-4-15(17)10-13(2)19/h4-9,11,13H,3,10,12,19H2,1-2H3. The molecule has 1 unspecified atom stereocenters. The summed E-state index contributed by atoms with van der Waals surface area (Å²) in [5.74, 6) is 0. The molecule has 0 saturated carbocycles. The minimum atomic E-state index is 0.129. The molecule has 2 aromatic rings. The zero-order valence-electron chi connectivity index (χ0n) is 12.6. The van der Waals surface area contributed by atoms with Gasteiger partial charge in [0.05, 0.1) is 0 Å². The van der Waals surface area contributed by atoms with Gasteiger partial charge in [0.2, 0.25) is 0 Å². The largest absolute Gasteiger partial charge is 0.367 e. The van der Waals surface area contributed by atoms with E-state index in [0.717, 1.165) is 24.5 Å². The van der Waals surface area contributed by atoms with Crippen LogP contribution in [0.2, 0.25) is 5.02 Å². The first kappa shape index (κ1) is 15.8. The quantitative estimate of drug-likeness (QED) is 0.885. The molecule has 0 fully saturated rings. The van der Waals surface area contributed by atoms with Gasteiger partial charge >= 0.3 is 0 Å². The van der Waals surface area contributed by atoms with E-state index in [0.29, 0.717) is 0 Å². The van der Waals surface area contributed by atoms with E-state index in [9.17, 15) is 0 Å². The van der Waals surface area contributed by atoms with Crippen LogP contribution in [0.1, 0.15) is 25.0 Å². The van der Waals surface area contributed by atoms with Gasteiger partial charge in [0, 0.05) is 42.2 Å². The predicted molar refractivity (Wildman–Crippen MR) is 89.8 cm³/mol. The smallest absolute Gasteiger partial charge is 0.0430 e. The van der Waals surface area contributed by atoms with Crippen LogP contribution in [0.3, 0.4) is 0 Å². The predicted octanol–water partition coefficient (Wildman–Crippen LogP) is 3.65. The minimum absolute atomic E-state index is 0.129. The molecular formula is C17H22ClN3. The number of anilines is 1. The Bertz CT molecular complexity index is 570. The lowest BCUT2D eigenvalue weighted by atomic mass is 10.0. The van der Waals surface area contributed by atoms with Crippen molar-refractivity contribution >= 4 is 17.3 Å². The first-order valence-corrected chi connectivity index (χ1v) is 7.65. The van der Waals surface area contributed by atoms with Gasteiger partial charge in [0.15, 0.2) is 0 Å². The summed E-state index contributed by atoms with van der Waals surface area (Å²) in [4.78, 5) is 6.38. The van der Waals surface area contributed by atoms with Crippen LogP contribution < -0.4 is 10.6 Å². The van der Waals surface area contributed by atoms with Gasteiger partial charge in [-0.15, -0.1) is 0 Å². The van der Waals surface area contributed by atoms with Crippen LogP contribution in [-0.4, -0.2) is 17.6 Å². The van der Waals surface area contributed by atoms with Crippen molar-refractivity contribution in [1.82, 2.24) is 4.98 Å². The summed E-state index contributed by atoms with van der Waals surface area (Å²) in [6.45, 7) is 5.93. The first-order chi connectivity index (χ1) is 10.1. The van der Waals surface area contributed by atoms with Crippen LogP contribution in [0, 0.1) is 0 Å². The molecule has 0 aliphatic heterocycles. The van der Waals surface area contributed by atoms with E-state index in [1.165, 1.54) is 16.8 Å². The Morgan fingerprint density at radius 1 is 1.24 bits per heavy atom. The Hall–Kier alpha value is -1.58. The van der Waals surface area contributed by atoms with Crippen molar-refractivity contribution in [1.29, 1.82) is 0 Å². The molecule has 2 N–H and O–H groups in total. The van der Waals surface area contributed by atoms with Crippen molar-refractivity contribution in [2.45, 2.75) is 32.9 Å². The van der Waals surface area contributed by atoms with Crippen LogP contribution in [0.4, 0.5) is 5.69 Å². The lowest BCUT2D eigenvalue weighted by molar-refractivity contribution is 0.729. The zero-order chi connectivity index (χ0) is 15.2. The van der Waals surface area contributed by atoms with Crippen LogP contribution >= 0.6 is 11.6 Å². The topological polar surface area (TPSA) is 42.2 Å². The molecule has 4 heteroatoms. The van der Waals surface area contributed by atoms with Crippen LogP contribution in [0.25, 0.3) is 0 Å². The van der Waals surface area contributed by atoms with E-state index >= 15 is 0 Å². The van der Waals surface area contributed by atoms with Gasteiger partial charge in [-0.25, -0.2) is 0 Å². The molecule has 1 aromatic heterocycles. The molecule has 0 spiro atoms. The van der Waals surface area contributed by atoms with Gasteiger partial charge in [-0.2, -0.15) is 0 Å². The third-order valence-electron chi connectivity index (χ3n) is 3.43. The number of benzene rings is 1. The SMILES string of the molecule is CCN(Cc1ccncc1)c1cc(Cl)ccc1CC(C)N. The Balaban J connectivity index is 2.30. The maximum Gasteiger partial charge on any atom is 0.0430 e. The number of rotatable bonds is 6. The molecule has 21 heavy (non-hydrogen) atoms. The average Bonchev–Trinajstić information content (AvgIpc) is 2.47. The molecule has 112 valence electrons. The van der Waals surface area contributed by atoms with E-state index in [1.54, 1.807) is 0 Å². The summed E-state index contributed by atoms with van der Waals surface area (Å²) in [5, 5.41) is 0.756. The van der Waals surface area contributed by atoms with Crippen LogP contribution in [-0.2, 0) is 13.0 Å². The molecule has 3 nitrogen and oxygen atoms in total. The number of halogens is 1. The molecule has 0 aliphatic carbocycles. The fourth-order valence-corrected chi connectivity index (χ4v) is 2.59. The normalized spacial score (nSPS) is 12.2. The number of hydrogen-bond donors (Lipinski definition) is 1. The highest BCUT2D eigenvalue weighted by atomic mass is 35.5. The number of hydrogen-bond acceptors (Lipinski definition) is 3. The average molecular weight is 304 g/mol. The van der Waals surface area contributed by atoms with Crippen LogP contribution in [0.5, 0.6) is 0 Å². The second-order valence-corrected chi connectivity index (χ2v) is 5.76. The number of aromatic nitrogens is 1. The van der Waals surface area contributed by atoms with Gasteiger partial charge in [-0.1, -0.05) is 17.7 Å². The van der Waals surface area contributed by atoms with Gasteiger partial charge in [-0.05, 0) is 55.7 Å². The maximum absolute atomic E-state index is 6.19. The van der Waals surface area contributed by atoms with E-state index in [-0.39, 0.29) is 6.04 Å². The van der Waals surface area contributed by atoms with Gasteiger partial charge in [0.25, 0.3) is 0 Å². The van der Waals surface area contributed by atoms with E-state index in [4.69, 9.17) is 17.3 Å². The summed E-state index contributed by atoms with van der Waals surface area (Å²) < 4.78 is 0. The highest BCUT2D eigenvalue weighted by Gasteiger charge is 2.12. The van der Waals surface area contributed by atoms with Gasteiger partial charge in [-0.3, -0.25) is 4.98 Å². The van der Waals surface area contributed by atoms with Crippen molar-refractivity contribution < 1.29 is 0 Å². The highest BCUT2D eigenvalue weighted by molar-refractivity contribution is 6.30. The molecule has 0 bridgehead atoms. The number of pyridine rings is 1. The summed E-state index contributed by atoms with van der Waals surface area (Å²) in [6.07, 6.45) is 4.49. The third kappa shape index (κ3) is 4.45. The van der Waals surface area contributed by atoms with Crippen molar-refractivity contribution in [2.24, 2.45) is 5.73 Å². The highest BCUT2D eigenvalue weighted by Crippen LogP contribution is 2.27. The number of nitrogens with two attached hydrogens (primary N) is 1. The summed E-state index contributed by atoms with van der Waals surface area (Å²) >= 11 is 6.19. The molecule has 0 amide bonds. The van der Waals surface area contributed by atoms with E-state index < -0.39 is 0 Å². The zero-order valence-corrected chi connectivity index (χ0v) is 13.3. The van der Waals surface area contributed by atoms with Crippen molar-refractivity contribution in [3.05, 3.63) is 58.9 Å². The molecule has 0 radical (unpaired) electrons. The van der Waals surface area contributed by atoms with Crippen molar-refractivity contribution in [3.8, 4) is 0 Å². The molecule has 1 atom stereocenters. The van der Waals surface area contributed by atoms with E-state index in [2.05, 4.69) is 22.9 Å². The molecule has 0 saturated heterocycles. The first-order valence-electron chi connectivity index (χ1n) is 7.28. The fourth-order valence-electron chi connectivity index (χ4n) is 2.43. The van der Waals surface area contributed by atoms with E-state index in [1.807, 2.05) is 43.6 Å². The monoisotopic (exact) mass is 303 g/mol. The summed E-state index contributed by atoms with van der Waals surface area (Å²) in [5.41, 5.74) is 9.61. The number of nitrogens with zero attached hydrogens (tertiary/aromatic N) is 2. The van der Waals surface area contributed by atoms with Gasteiger partial charge < -0.3 is 10.6 Å². The van der Waals surface area contributed by atoms with Crippen molar-refractivity contribution in [3.63, 3.8) is 0 Å². The Morgan fingerprint density at radius 2 is 1.95 bits per heavy atom. The second-order valence-electron chi connectivity index (χ2n) is 5.32. The minimum Gasteiger partial charge on any atom is -0.367 e. The van der Waals surface area contributed by atoms with Crippen molar-refractivity contribution in [2.75, 3.05) is 11.4 Å². The van der Waals surface area contributed by atoms with Crippen LogP contribution in [0.15, 0.2) is 42.7 Å². The maximum atomic E-state index is 6.19. The fraction of sp³-hybridized carbons (Fsp3) is 0.353. The Kier molecular flexibility index (Phi) is 5.59. The molecule has 1 heterocycles. The Morgan fingerprint density at radius 3 is 2.57 bits per heavy atom. The second kappa shape index (κ2) is 7.43. The lowest BCUT2D eigenvalue weighted by Crippen LogP contribution is -2.25. The summed E-state index contributed by atoms with van der Waals surface area (Å²) in [6, 6.07) is 10.3. The molecular weight excluding hydrogens is 282 g/mol. The van der Waals surface area contributed by atoms with Gasteiger partial charge in [0.1, 0.15) is 0 Å². The molecule has 2 rings (SSSR count). The summed E-state index contributed by atoms with van der Waals surface area (Å²) in [7, 11) is 0. The Labute approximate surface area is 131 Å². The molecule has 1 aromatic carbocycles.